The molecule has 23 heavy (non-hydrogen) atoms. The molecule has 0 saturated carbocycles. The third-order valence-electron chi connectivity index (χ3n) is 4.82. The summed E-state index contributed by atoms with van der Waals surface area (Å²) < 4.78 is 6.02. The molecule has 128 valence electrons. The number of hydrogen-bond donors (Lipinski definition) is 0. The molecule has 0 aromatic carbocycles. The second-order valence-electron chi connectivity index (χ2n) is 6.55. The first-order chi connectivity index (χ1) is 11.2. The van der Waals surface area contributed by atoms with Gasteiger partial charge in [-0.05, 0) is 48.1 Å². The van der Waals surface area contributed by atoms with E-state index in [4.69, 9.17) is 9.57 Å². The summed E-state index contributed by atoms with van der Waals surface area (Å²) in [4.78, 5) is 20.0. The summed E-state index contributed by atoms with van der Waals surface area (Å²) in [6.45, 7) is 5.28. The average Bonchev–Trinajstić information content (AvgIpc) is 3.09. The van der Waals surface area contributed by atoms with Crippen molar-refractivity contribution >= 4 is 17.2 Å². The van der Waals surface area contributed by atoms with Gasteiger partial charge in [-0.1, -0.05) is 0 Å². The van der Waals surface area contributed by atoms with Gasteiger partial charge >= 0.3 is 0 Å². The zero-order valence-electron chi connectivity index (χ0n) is 13.9. The summed E-state index contributed by atoms with van der Waals surface area (Å²) in [5, 5.41) is 6.16. The highest BCUT2D eigenvalue weighted by Crippen LogP contribution is 2.28. The molecule has 1 amide bonds. The standard InChI is InChI=1S/C17H26N2O3S/c1-13-10-18(11-16(22-13)15-5-8-23-12-15)17(20)9-14-3-6-19(21-2)7-4-14/h5,8,12-14,16H,3-4,6-7,9-11H2,1-2H3. The Morgan fingerprint density at radius 2 is 2.17 bits per heavy atom. The highest BCUT2D eigenvalue weighted by molar-refractivity contribution is 7.07. The first-order valence-corrected chi connectivity index (χ1v) is 9.34. The number of nitrogens with zero attached hydrogens (tertiary/aromatic N) is 2. The van der Waals surface area contributed by atoms with Crippen LogP contribution in [-0.4, -0.2) is 55.3 Å². The molecule has 0 spiro atoms. The molecule has 2 saturated heterocycles. The highest BCUT2D eigenvalue weighted by atomic mass is 32.1. The van der Waals surface area contributed by atoms with Crippen LogP contribution in [0.5, 0.6) is 0 Å². The minimum Gasteiger partial charge on any atom is -0.367 e. The number of rotatable bonds is 4. The first-order valence-electron chi connectivity index (χ1n) is 8.40. The predicted molar refractivity (Wildman–Crippen MR) is 90.1 cm³/mol. The molecule has 2 aliphatic heterocycles. The Bertz CT molecular complexity index is 500. The van der Waals surface area contributed by atoms with Crippen LogP contribution in [-0.2, 0) is 14.4 Å². The number of amides is 1. The van der Waals surface area contributed by atoms with E-state index in [0.717, 1.165) is 25.9 Å². The number of piperidine rings is 1. The Labute approximate surface area is 142 Å². The minimum absolute atomic E-state index is 0.0179. The number of thiophene rings is 1. The molecule has 0 aliphatic carbocycles. The molecule has 0 bridgehead atoms. The van der Waals surface area contributed by atoms with Gasteiger partial charge in [-0.2, -0.15) is 16.4 Å². The van der Waals surface area contributed by atoms with Gasteiger partial charge in [0.15, 0.2) is 0 Å². The van der Waals surface area contributed by atoms with Crippen LogP contribution in [0.25, 0.3) is 0 Å². The van der Waals surface area contributed by atoms with Gasteiger partial charge in [0.2, 0.25) is 5.91 Å². The predicted octanol–water partition coefficient (Wildman–Crippen LogP) is 2.70. The number of hydroxylamine groups is 2. The van der Waals surface area contributed by atoms with Crippen molar-refractivity contribution in [2.75, 3.05) is 33.3 Å². The fraction of sp³-hybridized carbons (Fsp3) is 0.706. The molecule has 5 nitrogen and oxygen atoms in total. The van der Waals surface area contributed by atoms with Crippen molar-refractivity contribution in [1.29, 1.82) is 0 Å². The van der Waals surface area contributed by atoms with E-state index in [9.17, 15) is 4.79 Å². The maximum absolute atomic E-state index is 12.7. The zero-order valence-corrected chi connectivity index (χ0v) is 14.8. The molecule has 3 heterocycles. The molecular weight excluding hydrogens is 312 g/mol. The van der Waals surface area contributed by atoms with Gasteiger partial charge in [0.25, 0.3) is 0 Å². The van der Waals surface area contributed by atoms with Gasteiger partial charge in [0.1, 0.15) is 6.10 Å². The molecule has 1 aromatic rings. The van der Waals surface area contributed by atoms with Crippen molar-refractivity contribution in [1.82, 2.24) is 9.96 Å². The fourth-order valence-electron chi connectivity index (χ4n) is 3.47. The molecule has 1 aromatic heterocycles. The van der Waals surface area contributed by atoms with Crippen LogP contribution in [0.3, 0.4) is 0 Å². The smallest absolute Gasteiger partial charge is 0.223 e. The average molecular weight is 338 g/mol. The topological polar surface area (TPSA) is 42.0 Å². The van der Waals surface area contributed by atoms with E-state index in [-0.39, 0.29) is 18.1 Å². The first kappa shape index (κ1) is 16.9. The quantitative estimate of drug-likeness (QED) is 0.846. The number of hydrogen-bond acceptors (Lipinski definition) is 5. The Morgan fingerprint density at radius 1 is 1.39 bits per heavy atom. The van der Waals surface area contributed by atoms with Gasteiger partial charge in [-0.15, -0.1) is 0 Å². The van der Waals surface area contributed by atoms with Crippen LogP contribution < -0.4 is 0 Å². The second-order valence-corrected chi connectivity index (χ2v) is 7.33. The van der Waals surface area contributed by atoms with Crippen molar-refractivity contribution in [2.45, 2.75) is 38.4 Å². The maximum atomic E-state index is 12.7. The number of ether oxygens (including phenoxy) is 1. The lowest BCUT2D eigenvalue weighted by molar-refractivity contribution is -0.155. The summed E-state index contributed by atoms with van der Waals surface area (Å²) in [5.74, 6) is 0.753. The summed E-state index contributed by atoms with van der Waals surface area (Å²) in [7, 11) is 1.71. The van der Waals surface area contributed by atoms with Crippen LogP contribution >= 0.6 is 11.3 Å². The van der Waals surface area contributed by atoms with Gasteiger partial charge in [0, 0.05) is 26.1 Å². The zero-order chi connectivity index (χ0) is 16.2. The van der Waals surface area contributed by atoms with E-state index < -0.39 is 0 Å². The molecular formula is C17H26N2O3S. The molecule has 3 rings (SSSR count). The molecule has 2 aliphatic rings. The van der Waals surface area contributed by atoms with Crippen LogP contribution in [0.15, 0.2) is 16.8 Å². The van der Waals surface area contributed by atoms with E-state index in [2.05, 4.69) is 23.8 Å². The van der Waals surface area contributed by atoms with Gasteiger partial charge in [0.05, 0.1) is 19.8 Å². The van der Waals surface area contributed by atoms with Gasteiger partial charge < -0.3 is 14.5 Å². The Hall–Kier alpha value is -0.950. The number of carbonyl (C=O) groups is 1. The van der Waals surface area contributed by atoms with Crippen LogP contribution in [0.1, 0.15) is 37.9 Å². The lowest BCUT2D eigenvalue weighted by Gasteiger charge is -2.38. The minimum atomic E-state index is 0.0179. The lowest BCUT2D eigenvalue weighted by atomic mass is 9.93. The maximum Gasteiger partial charge on any atom is 0.223 e. The second kappa shape index (κ2) is 7.75. The molecule has 0 radical (unpaired) electrons. The van der Waals surface area contributed by atoms with Crippen LogP contribution in [0.2, 0.25) is 0 Å². The summed E-state index contributed by atoms with van der Waals surface area (Å²) in [5.41, 5.74) is 1.19. The van der Waals surface area contributed by atoms with Crippen LogP contribution in [0.4, 0.5) is 0 Å². The normalized spacial score (nSPS) is 27.3. The molecule has 2 fully saturated rings. The lowest BCUT2D eigenvalue weighted by Crippen LogP contribution is -2.46. The highest BCUT2D eigenvalue weighted by Gasteiger charge is 2.31. The summed E-state index contributed by atoms with van der Waals surface area (Å²) >= 11 is 1.67. The van der Waals surface area contributed by atoms with E-state index in [0.29, 0.717) is 25.4 Å². The monoisotopic (exact) mass is 338 g/mol. The molecule has 0 N–H and O–H groups in total. The van der Waals surface area contributed by atoms with Crippen molar-refractivity contribution in [3.8, 4) is 0 Å². The van der Waals surface area contributed by atoms with Crippen molar-refractivity contribution < 1.29 is 14.4 Å². The summed E-state index contributed by atoms with van der Waals surface area (Å²) in [6.07, 6.45) is 2.83. The number of carbonyl (C=O) groups excluding carboxylic acids is 1. The Morgan fingerprint density at radius 3 is 2.83 bits per heavy atom. The SMILES string of the molecule is CON1CCC(CC(=O)N2CC(C)OC(c3ccsc3)C2)CC1. The molecule has 6 heteroatoms. The molecule has 2 unspecified atom stereocenters. The van der Waals surface area contributed by atoms with Gasteiger partial charge in [-0.3, -0.25) is 4.79 Å². The third-order valence-corrected chi connectivity index (χ3v) is 5.52. The van der Waals surface area contributed by atoms with Crippen molar-refractivity contribution in [3.05, 3.63) is 22.4 Å². The third kappa shape index (κ3) is 4.32. The largest absolute Gasteiger partial charge is 0.367 e. The Balaban J connectivity index is 1.54. The molecule has 2 atom stereocenters. The fourth-order valence-corrected chi connectivity index (χ4v) is 4.17. The van der Waals surface area contributed by atoms with E-state index in [1.807, 2.05) is 9.96 Å². The van der Waals surface area contributed by atoms with Crippen molar-refractivity contribution in [2.24, 2.45) is 5.92 Å². The van der Waals surface area contributed by atoms with Crippen molar-refractivity contribution in [3.63, 3.8) is 0 Å². The number of morpholine rings is 1. The van der Waals surface area contributed by atoms with E-state index in [1.165, 1.54) is 5.56 Å². The van der Waals surface area contributed by atoms with Crippen LogP contribution in [0, 0.1) is 5.92 Å². The van der Waals surface area contributed by atoms with Gasteiger partial charge in [-0.25, -0.2) is 0 Å². The summed E-state index contributed by atoms with van der Waals surface area (Å²) in [6, 6.07) is 2.09. The Kier molecular flexibility index (Phi) is 5.69. The van der Waals surface area contributed by atoms with E-state index in [1.54, 1.807) is 18.4 Å². The van der Waals surface area contributed by atoms with E-state index >= 15 is 0 Å².